The van der Waals surface area contributed by atoms with Gasteiger partial charge in [-0.25, -0.2) is 0 Å². The van der Waals surface area contributed by atoms with Gasteiger partial charge in [0.2, 0.25) is 6.33 Å². The highest BCUT2D eigenvalue weighted by molar-refractivity contribution is 5.75. The van der Waals surface area contributed by atoms with Crippen LogP contribution in [-0.2, 0) is 16.9 Å². The van der Waals surface area contributed by atoms with Gasteiger partial charge in [0.25, 0.3) is 5.91 Å². The maximum atomic E-state index is 11.7. The van der Waals surface area contributed by atoms with Crippen molar-refractivity contribution in [2.24, 2.45) is 0 Å². The quantitative estimate of drug-likeness (QED) is 0.610. The molecule has 1 rings (SSSR count). The van der Waals surface area contributed by atoms with Gasteiger partial charge in [-0.05, 0) is 53.9 Å². The zero-order valence-corrected chi connectivity index (χ0v) is 11.7. The van der Waals surface area contributed by atoms with Gasteiger partial charge >= 0.3 is 0 Å². The summed E-state index contributed by atoms with van der Waals surface area (Å²) in [6.45, 7) is 12.5. The summed E-state index contributed by atoms with van der Waals surface area (Å²) in [7, 11) is 0. The average molecular weight is 237 g/mol. The van der Waals surface area contributed by atoms with E-state index in [2.05, 4.69) is 32.4 Å². The van der Waals surface area contributed by atoms with Crippen molar-refractivity contribution >= 4 is 5.91 Å². The standard InChI is InChI=1S/C13H23N3O/c1-12(2,3)14-11(17)9-15-7-8-16(10-15)13(4,5)6/h7-8H,9H2,1-6H3,(H,14,17). The SMILES string of the molecule is CC(C)(C)NC(=O)C[n+]1[c-]n(C(C)(C)C)cc1. The molecule has 0 atom stereocenters. The van der Waals surface area contributed by atoms with Crippen LogP contribution >= 0.6 is 0 Å². The van der Waals surface area contributed by atoms with Gasteiger partial charge in [0.15, 0.2) is 0 Å². The Balaban J connectivity index is 2.65. The van der Waals surface area contributed by atoms with Gasteiger partial charge in [0, 0.05) is 5.54 Å². The van der Waals surface area contributed by atoms with Crippen molar-refractivity contribution in [1.29, 1.82) is 0 Å². The average Bonchev–Trinajstić information content (AvgIpc) is 2.47. The van der Waals surface area contributed by atoms with Crippen molar-refractivity contribution in [2.75, 3.05) is 0 Å². The van der Waals surface area contributed by atoms with Crippen LogP contribution in [0.25, 0.3) is 0 Å². The van der Waals surface area contributed by atoms with Crippen LogP contribution in [0.1, 0.15) is 41.5 Å². The molecule has 0 aliphatic heterocycles. The van der Waals surface area contributed by atoms with Gasteiger partial charge in [-0.1, -0.05) is 0 Å². The molecule has 4 nitrogen and oxygen atoms in total. The lowest BCUT2D eigenvalue weighted by Crippen LogP contribution is -2.48. The normalized spacial score (nSPS) is 12.6. The van der Waals surface area contributed by atoms with E-state index in [0.717, 1.165) is 0 Å². The monoisotopic (exact) mass is 237 g/mol. The highest BCUT2D eigenvalue weighted by atomic mass is 16.2. The summed E-state index contributed by atoms with van der Waals surface area (Å²) in [5.41, 5.74) is -0.198. The molecule has 1 amide bonds. The van der Waals surface area contributed by atoms with E-state index in [1.54, 1.807) is 4.57 Å². The summed E-state index contributed by atoms with van der Waals surface area (Å²) in [5.74, 6) is 0.00501. The fraction of sp³-hybridized carbons (Fsp3) is 0.692. The largest absolute Gasteiger partial charge is 0.348 e. The third-order valence-electron chi connectivity index (χ3n) is 2.18. The third-order valence-corrected chi connectivity index (χ3v) is 2.18. The predicted molar refractivity (Wildman–Crippen MR) is 66.4 cm³/mol. The lowest BCUT2D eigenvalue weighted by Gasteiger charge is -2.20. The van der Waals surface area contributed by atoms with Crippen molar-refractivity contribution < 1.29 is 9.36 Å². The molecule has 0 aliphatic carbocycles. The van der Waals surface area contributed by atoms with Crippen molar-refractivity contribution in [1.82, 2.24) is 9.88 Å². The minimum absolute atomic E-state index is 0.00501. The first kappa shape index (κ1) is 13.7. The highest BCUT2D eigenvalue weighted by Crippen LogP contribution is 2.10. The van der Waals surface area contributed by atoms with Gasteiger partial charge < -0.3 is 14.5 Å². The minimum Gasteiger partial charge on any atom is -0.348 e. The first-order chi connectivity index (χ1) is 7.58. The molecule has 0 radical (unpaired) electrons. The molecule has 0 bridgehead atoms. The van der Waals surface area contributed by atoms with E-state index in [4.69, 9.17) is 0 Å². The maximum Gasteiger partial charge on any atom is 0.260 e. The van der Waals surface area contributed by atoms with E-state index in [1.807, 2.05) is 37.7 Å². The molecule has 0 unspecified atom stereocenters. The molecule has 0 fully saturated rings. The van der Waals surface area contributed by atoms with Gasteiger partial charge in [-0.15, -0.1) is 0 Å². The summed E-state index contributed by atoms with van der Waals surface area (Å²) < 4.78 is 3.74. The highest BCUT2D eigenvalue weighted by Gasteiger charge is 2.17. The van der Waals surface area contributed by atoms with E-state index in [0.29, 0.717) is 6.54 Å². The third kappa shape index (κ3) is 4.59. The number of nitrogens with zero attached hydrogens (tertiary/aromatic N) is 2. The van der Waals surface area contributed by atoms with Crippen LogP contribution < -0.4 is 9.88 Å². The number of hydrogen-bond acceptors (Lipinski definition) is 1. The molecule has 96 valence electrons. The number of nitrogens with one attached hydrogen (secondary N) is 1. The lowest BCUT2D eigenvalue weighted by molar-refractivity contribution is -0.688. The van der Waals surface area contributed by atoms with E-state index >= 15 is 0 Å². The zero-order chi connectivity index (χ0) is 13.3. The molecule has 0 spiro atoms. The second-order valence-electron chi connectivity index (χ2n) is 6.37. The zero-order valence-electron chi connectivity index (χ0n) is 11.7. The molecule has 0 saturated carbocycles. The van der Waals surface area contributed by atoms with Crippen LogP contribution in [0, 0.1) is 6.33 Å². The minimum atomic E-state index is -0.190. The topological polar surface area (TPSA) is 37.9 Å². The second-order valence-corrected chi connectivity index (χ2v) is 6.37. The fourth-order valence-electron chi connectivity index (χ4n) is 1.43. The Morgan fingerprint density at radius 1 is 1.29 bits per heavy atom. The van der Waals surface area contributed by atoms with Crippen LogP contribution in [0.4, 0.5) is 0 Å². The number of imidazole rings is 1. The first-order valence-corrected chi connectivity index (χ1v) is 5.89. The van der Waals surface area contributed by atoms with Crippen molar-refractivity contribution in [3.63, 3.8) is 0 Å². The first-order valence-electron chi connectivity index (χ1n) is 5.89. The number of aromatic nitrogens is 2. The molecular formula is C13H23N3O. The summed E-state index contributed by atoms with van der Waals surface area (Å²) in [5, 5.41) is 2.93. The van der Waals surface area contributed by atoms with E-state index in [-0.39, 0.29) is 17.0 Å². The summed E-state index contributed by atoms with van der Waals surface area (Å²) in [4.78, 5) is 11.7. The van der Waals surface area contributed by atoms with Crippen molar-refractivity contribution in [3.05, 3.63) is 18.7 Å². The Morgan fingerprint density at radius 3 is 2.29 bits per heavy atom. The molecule has 1 heterocycles. The summed E-state index contributed by atoms with van der Waals surface area (Å²) in [6, 6.07) is 0. The van der Waals surface area contributed by atoms with Crippen molar-refractivity contribution in [3.8, 4) is 0 Å². The summed E-state index contributed by atoms with van der Waals surface area (Å²) >= 11 is 0. The van der Waals surface area contributed by atoms with Crippen LogP contribution in [-0.4, -0.2) is 16.0 Å². The van der Waals surface area contributed by atoms with Crippen LogP contribution in [0.5, 0.6) is 0 Å². The summed E-state index contributed by atoms with van der Waals surface area (Å²) in [6.07, 6.45) is 6.95. The smallest absolute Gasteiger partial charge is 0.260 e. The number of hydrogen-bond donors (Lipinski definition) is 1. The van der Waals surface area contributed by atoms with Gasteiger partial charge in [0.1, 0.15) is 6.54 Å². The van der Waals surface area contributed by atoms with E-state index < -0.39 is 0 Å². The Hall–Kier alpha value is -1.32. The second kappa shape index (κ2) is 4.51. The van der Waals surface area contributed by atoms with Crippen molar-refractivity contribution in [2.45, 2.75) is 59.2 Å². The maximum absolute atomic E-state index is 11.7. The van der Waals surface area contributed by atoms with Gasteiger partial charge in [-0.3, -0.25) is 4.79 Å². The van der Waals surface area contributed by atoms with Crippen LogP contribution in [0.3, 0.4) is 0 Å². The van der Waals surface area contributed by atoms with Gasteiger partial charge in [-0.2, -0.15) is 0 Å². The molecule has 1 N–H and O–H groups in total. The fourth-order valence-corrected chi connectivity index (χ4v) is 1.43. The molecule has 1 aromatic rings. The number of carbonyl (C=O) groups excluding carboxylic acids is 1. The molecule has 0 saturated heterocycles. The molecule has 17 heavy (non-hydrogen) atoms. The number of carbonyl (C=O) groups is 1. The lowest BCUT2D eigenvalue weighted by atomic mass is 10.1. The van der Waals surface area contributed by atoms with E-state index in [1.165, 1.54) is 0 Å². The predicted octanol–water partition coefficient (Wildman–Crippen LogP) is 1.25. The molecule has 0 aromatic carbocycles. The number of rotatable bonds is 2. The Kier molecular flexibility index (Phi) is 3.65. The molecular weight excluding hydrogens is 214 g/mol. The van der Waals surface area contributed by atoms with E-state index in [9.17, 15) is 4.79 Å². The van der Waals surface area contributed by atoms with Gasteiger partial charge in [0.05, 0.1) is 5.54 Å². The molecule has 1 aromatic heterocycles. The Labute approximate surface area is 104 Å². The molecule has 4 heteroatoms. The van der Waals surface area contributed by atoms with Crippen LogP contribution in [0.15, 0.2) is 12.4 Å². The Morgan fingerprint density at radius 2 is 1.88 bits per heavy atom. The Bertz CT molecular complexity index is 394. The van der Waals surface area contributed by atoms with Crippen LogP contribution in [0.2, 0.25) is 0 Å². The molecule has 0 aliphatic rings. The number of amides is 1.